The first-order valence-corrected chi connectivity index (χ1v) is 6.49. The van der Waals surface area contributed by atoms with Gasteiger partial charge in [0, 0.05) is 19.3 Å². The van der Waals surface area contributed by atoms with E-state index < -0.39 is 0 Å². The zero-order valence-electron chi connectivity index (χ0n) is 11.1. The smallest absolute Gasteiger partial charge is 0.338 e. The van der Waals surface area contributed by atoms with Crippen molar-refractivity contribution in [2.45, 2.75) is 38.1 Å². The zero-order valence-corrected chi connectivity index (χ0v) is 11.1. The Labute approximate surface area is 108 Å². The van der Waals surface area contributed by atoms with Gasteiger partial charge >= 0.3 is 5.97 Å². The predicted octanol–water partition coefficient (Wildman–Crippen LogP) is 2.64. The van der Waals surface area contributed by atoms with Crippen LogP contribution in [0.3, 0.4) is 0 Å². The van der Waals surface area contributed by atoms with Crippen LogP contribution in [0, 0.1) is 0 Å². The summed E-state index contributed by atoms with van der Waals surface area (Å²) in [4.78, 5) is 18.0. The number of carbonyl (C=O) groups excluding carboxylic acids is 1. The molecule has 1 aliphatic carbocycles. The maximum atomic E-state index is 11.5. The molecule has 0 bridgehead atoms. The number of pyridine rings is 1. The lowest BCUT2D eigenvalue weighted by Gasteiger charge is -2.32. The van der Waals surface area contributed by atoms with Crippen LogP contribution in [0.25, 0.3) is 0 Å². The van der Waals surface area contributed by atoms with Crippen LogP contribution < -0.4 is 4.90 Å². The SMILES string of the molecule is COC(=O)c1ccnc(N(C)C2CCCCC2)c1. The van der Waals surface area contributed by atoms with Crippen LogP contribution >= 0.6 is 0 Å². The van der Waals surface area contributed by atoms with Gasteiger partial charge in [-0.25, -0.2) is 9.78 Å². The van der Waals surface area contributed by atoms with Crippen LogP contribution in [-0.4, -0.2) is 31.2 Å². The van der Waals surface area contributed by atoms with Gasteiger partial charge in [-0.05, 0) is 25.0 Å². The summed E-state index contributed by atoms with van der Waals surface area (Å²) in [7, 11) is 3.45. The second kappa shape index (κ2) is 5.85. The number of esters is 1. The number of methoxy groups -OCH3 is 1. The van der Waals surface area contributed by atoms with E-state index in [0.29, 0.717) is 11.6 Å². The maximum absolute atomic E-state index is 11.5. The van der Waals surface area contributed by atoms with Crippen LogP contribution in [0.5, 0.6) is 0 Å². The van der Waals surface area contributed by atoms with Gasteiger partial charge in [-0.2, -0.15) is 0 Å². The number of hydrogen-bond donors (Lipinski definition) is 0. The van der Waals surface area contributed by atoms with Crippen LogP contribution in [0.4, 0.5) is 5.82 Å². The molecule has 1 heterocycles. The van der Waals surface area contributed by atoms with E-state index in [9.17, 15) is 4.79 Å². The summed E-state index contributed by atoms with van der Waals surface area (Å²) >= 11 is 0. The second-order valence-corrected chi connectivity index (χ2v) is 4.80. The molecule has 0 N–H and O–H groups in total. The highest BCUT2D eigenvalue weighted by Crippen LogP contribution is 2.25. The van der Waals surface area contributed by atoms with E-state index in [0.717, 1.165) is 5.82 Å². The number of hydrogen-bond acceptors (Lipinski definition) is 4. The molecule has 4 heteroatoms. The molecule has 0 amide bonds. The molecule has 1 saturated carbocycles. The highest BCUT2D eigenvalue weighted by Gasteiger charge is 2.19. The molecule has 0 aromatic carbocycles. The summed E-state index contributed by atoms with van der Waals surface area (Å²) in [5.74, 6) is 0.542. The van der Waals surface area contributed by atoms with Gasteiger partial charge in [0.15, 0.2) is 0 Å². The van der Waals surface area contributed by atoms with Gasteiger partial charge in [-0.1, -0.05) is 19.3 Å². The Morgan fingerprint density at radius 2 is 2.11 bits per heavy atom. The molecule has 1 fully saturated rings. The lowest BCUT2D eigenvalue weighted by molar-refractivity contribution is 0.0600. The number of carbonyl (C=O) groups is 1. The fourth-order valence-corrected chi connectivity index (χ4v) is 2.51. The number of rotatable bonds is 3. The molecule has 0 unspecified atom stereocenters. The highest BCUT2D eigenvalue weighted by molar-refractivity contribution is 5.90. The largest absolute Gasteiger partial charge is 0.465 e. The average Bonchev–Trinajstić information content (AvgIpc) is 2.46. The van der Waals surface area contributed by atoms with E-state index in [4.69, 9.17) is 4.74 Å². The first-order valence-electron chi connectivity index (χ1n) is 6.49. The average molecular weight is 248 g/mol. The fraction of sp³-hybridized carbons (Fsp3) is 0.571. The summed E-state index contributed by atoms with van der Waals surface area (Å²) < 4.78 is 4.73. The molecule has 1 aromatic rings. The van der Waals surface area contributed by atoms with Crippen LogP contribution in [0.2, 0.25) is 0 Å². The predicted molar refractivity (Wildman–Crippen MR) is 70.9 cm³/mol. The van der Waals surface area contributed by atoms with E-state index in [1.165, 1.54) is 39.2 Å². The van der Waals surface area contributed by atoms with Crippen LogP contribution in [-0.2, 0) is 4.74 Å². The van der Waals surface area contributed by atoms with E-state index >= 15 is 0 Å². The Hall–Kier alpha value is -1.58. The van der Waals surface area contributed by atoms with E-state index in [1.54, 1.807) is 18.3 Å². The second-order valence-electron chi connectivity index (χ2n) is 4.80. The number of aromatic nitrogens is 1. The van der Waals surface area contributed by atoms with Crippen molar-refractivity contribution < 1.29 is 9.53 Å². The maximum Gasteiger partial charge on any atom is 0.338 e. The van der Waals surface area contributed by atoms with Crippen molar-refractivity contribution in [2.24, 2.45) is 0 Å². The van der Waals surface area contributed by atoms with Gasteiger partial charge in [0.05, 0.1) is 12.7 Å². The Balaban J connectivity index is 2.14. The van der Waals surface area contributed by atoms with Crippen molar-refractivity contribution in [3.05, 3.63) is 23.9 Å². The molecule has 0 aliphatic heterocycles. The molecule has 18 heavy (non-hydrogen) atoms. The Morgan fingerprint density at radius 3 is 2.78 bits per heavy atom. The summed E-state index contributed by atoms with van der Waals surface area (Å²) in [6.45, 7) is 0. The van der Waals surface area contributed by atoms with Gasteiger partial charge in [-0.15, -0.1) is 0 Å². The van der Waals surface area contributed by atoms with Crippen molar-refractivity contribution in [3.8, 4) is 0 Å². The molecule has 4 nitrogen and oxygen atoms in total. The van der Waals surface area contributed by atoms with Crippen molar-refractivity contribution in [2.75, 3.05) is 19.1 Å². The topological polar surface area (TPSA) is 42.4 Å². The fourth-order valence-electron chi connectivity index (χ4n) is 2.51. The lowest BCUT2D eigenvalue weighted by atomic mass is 9.94. The zero-order chi connectivity index (χ0) is 13.0. The summed E-state index contributed by atoms with van der Waals surface area (Å²) in [6.07, 6.45) is 7.99. The molecule has 0 spiro atoms. The first kappa shape index (κ1) is 12.9. The van der Waals surface area contributed by atoms with Gasteiger partial charge in [0.1, 0.15) is 5.82 Å². The van der Waals surface area contributed by atoms with E-state index in [-0.39, 0.29) is 5.97 Å². The van der Waals surface area contributed by atoms with Crippen molar-refractivity contribution in [1.29, 1.82) is 0 Å². The molecule has 1 aromatic heterocycles. The molecular weight excluding hydrogens is 228 g/mol. The molecule has 0 saturated heterocycles. The normalized spacial score (nSPS) is 16.3. The Morgan fingerprint density at radius 1 is 1.39 bits per heavy atom. The monoisotopic (exact) mass is 248 g/mol. The minimum Gasteiger partial charge on any atom is -0.465 e. The molecule has 0 radical (unpaired) electrons. The minimum atomic E-state index is -0.310. The summed E-state index contributed by atoms with van der Waals surface area (Å²) in [6, 6.07) is 4.03. The van der Waals surface area contributed by atoms with Crippen molar-refractivity contribution >= 4 is 11.8 Å². The Kier molecular flexibility index (Phi) is 4.18. The molecule has 0 atom stereocenters. The quantitative estimate of drug-likeness (QED) is 0.771. The van der Waals surface area contributed by atoms with Gasteiger partial charge < -0.3 is 9.64 Å². The van der Waals surface area contributed by atoms with Gasteiger partial charge in [0.25, 0.3) is 0 Å². The number of ether oxygens (including phenoxy) is 1. The molecule has 2 rings (SSSR count). The first-order chi connectivity index (χ1) is 8.72. The van der Waals surface area contributed by atoms with Crippen LogP contribution in [0.15, 0.2) is 18.3 Å². The third-order valence-electron chi connectivity index (χ3n) is 3.65. The third-order valence-corrected chi connectivity index (χ3v) is 3.65. The molecular formula is C14H20N2O2. The summed E-state index contributed by atoms with van der Waals surface area (Å²) in [5, 5.41) is 0. The third kappa shape index (κ3) is 2.81. The molecule has 1 aliphatic rings. The van der Waals surface area contributed by atoms with E-state index in [2.05, 4.69) is 16.9 Å². The van der Waals surface area contributed by atoms with Gasteiger partial charge in [0.2, 0.25) is 0 Å². The Bertz CT molecular complexity index is 414. The van der Waals surface area contributed by atoms with Crippen molar-refractivity contribution in [3.63, 3.8) is 0 Å². The minimum absolute atomic E-state index is 0.310. The van der Waals surface area contributed by atoms with E-state index in [1.807, 2.05) is 0 Å². The van der Waals surface area contributed by atoms with Crippen molar-refractivity contribution in [1.82, 2.24) is 4.98 Å². The summed E-state index contributed by atoms with van der Waals surface area (Å²) in [5.41, 5.74) is 0.560. The number of anilines is 1. The lowest BCUT2D eigenvalue weighted by Crippen LogP contribution is -2.34. The molecule has 98 valence electrons. The van der Waals surface area contributed by atoms with Gasteiger partial charge in [-0.3, -0.25) is 0 Å². The van der Waals surface area contributed by atoms with Crippen LogP contribution in [0.1, 0.15) is 42.5 Å². The number of nitrogens with zero attached hydrogens (tertiary/aromatic N) is 2. The standard InChI is InChI=1S/C14H20N2O2/c1-16(12-6-4-3-5-7-12)13-10-11(8-9-15-13)14(17)18-2/h8-10,12H,3-7H2,1-2H3. The highest BCUT2D eigenvalue weighted by atomic mass is 16.5.